The van der Waals surface area contributed by atoms with E-state index in [0.717, 1.165) is 16.6 Å². The highest BCUT2D eigenvalue weighted by atomic mass is 32.1. The normalized spacial score (nSPS) is 11.0. The van der Waals surface area contributed by atoms with Crippen molar-refractivity contribution < 1.29 is 14.3 Å². The molecule has 0 unspecified atom stereocenters. The summed E-state index contributed by atoms with van der Waals surface area (Å²) in [4.78, 5) is 17.7. The number of carboxylic acids is 1. The molecule has 1 aromatic heterocycles. The Bertz CT molecular complexity index is 682. The molecule has 1 aromatic carbocycles. The molecule has 2 rings (SSSR count). The molecule has 6 heteroatoms. The molecule has 1 heterocycles. The molecule has 0 amide bonds. The van der Waals surface area contributed by atoms with Crippen molar-refractivity contribution in [3.63, 3.8) is 0 Å². The lowest BCUT2D eigenvalue weighted by Crippen LogP contribution is -2.16. The van der Waals surface area contributed by atoms with E-state index in [2.05, 4.69) is 4.98 Å². The number of aryl methyl sites for hydroxylation is 1. The van der Waals surface area contributed by atoms with E-state index in [4.69, 9.17) is 5.11 Å². The highest BCUT2D eigenvalue weighted by Gasteiger charge is 2.08. The predicted octanol–water partition coefficient (Wildman–Crippen LogP) is 3.32. The summed E-state index contributed by atoms with van der Waals surface area (Å²) in [6.07, 6.45) is 2.37. The SMILES string of the molecule is Cc1ncsc1CN(C)c1cc(F)cc(/C=C/C(=O)O)c1. The highest BCUT2D eigenvalue weighted by Crippen LogP contribution is 2.22. The largest absolute Gasteiger partial charge is 0.478 e. The van der Waals surface area contributed by atoms with Gasteiger partial charge in [0.1, 0.15) is 5.82 Å². The van der Waals surface area contributed by atoms with Crippen LogP contribution in [-0.4, -0.2) is 23.1 Å². The van der Waals surface area contributed by atoms with Gasteiger partial charge < -0.3 is 10.0 Å². The number of carboxylic acid groups (broad SMARTS) is 1. The van der Waals surface area contributed by atoms with Crippen LogP contribution in [0.25, 0.3) is 6.08 Å². The number of hydrogen-bond donors (Lipinski definition) is 1. The van der Waals surface area contributed by atoms with Crippen molar-refractivity contribution in [3.05, 3.63) is 51.7 Å². The van der Waals surface area contributed by atoms with Crippen LogP contribution in [0.4, 0.5) is 10.1 Å². The molecule has 0 fully saturated rings. The fourth-order valence-corrected chi connectivity index (χ4v) is 2.69. The van der Waals surface area contributed by atoms with Gasteiger partial charge in [-0.3, -0.25) is 0 Å². The summed E-state index contributed by atoms with van der Waals surface area (Å²) in [5.74, 6) is -1.46. The van der Waals surface area contributed by atoms with Gasteiger partial charge >= 0.3 is 5.97 Å². The smallest absolute Gasteiger partial charge is 0.328 e. The quantitative estimate of drug-likeness (QED) is 0.861. The third kappa shape index (κ3) is 4.13. The molecule has 110 valence electrons. The molecule has 21 heavy (non-hydrogen) atoms. The molecule has 4 nitrogen and oxygen atoms in total. The maximum atomic E-state index is 13.7. The number of rotatable bonds is 5. The van der Waals surface area contributed by atoms with E-state index in [1.165, 1.54) is 18.2 Å². The lowest BCUT2D eigenvalue weighted by molar-refractivity contribution is -0.131. The van der Waals surface area contributed by atoms with Gasteiger partial charge in [0.25, 0.3) is 0 Å². The van der Waals surface area contributed by atoms with E-state index in [0.29, 0.717) is 17.8 Å². The van der Waals surface area contributed by atoms with E-state index in [-0.39, 0.29) is 0 Å². The van der Waals surface area contributed by atoms with Gasteiger partial charge in [-0.2, -0.15) is 0 Å². The zero-order valence-electron chi connectivity index (χ0n) is 11.7. The molecule has 0 aliphatic rings. The zero-order chi connectivity index (χ0) is 15.4. The second-order valence-corrected chi connectivity index (χ2v) is 5.57. The predicted molar refractivity (Wildman–Crippen MR) is 82.0 cm³/mol. The number of carbonyl (C=O) groups is 1. The zero-order valence-corrected chi connectivity index (χ0v) is 12.5. The summed E-state index contributed by atoms with van der Waals surface area (Å²) in [5.41, 5.74) is 3.95. The summed E-state index contributed by atoms with van der Waals surface area (Å²) in [5, 5.41) is 8.63. The second-order valence-electron chi connectivity index (χ2n) is 4.63. The maximum Gasteiger partial charge on any atom is 0.328 e. The van der Waals surface area contributed by atoms with E-state index < -0.39 is 11.8 Å². The van der Waals surface area contributed by atoms with Gasteiger partial charge in [-0.1, -0.05) is 0 Å². The van der Waals surface area contributed by atoms with Crippen LogP contribution in [0, 0.1) is 12.7 Å². The first-order chi connectivity index (χ1) is 9.95. The Labute approximate surface area is 126 Å². The van der Waals surface area contributed by atoms with Gasteiger partial charge in [-0.15, -0.1) is 11.3 Å². The van der Waals surface area contributed by atoms with Crippen LogP contribution in [0.15, 0.2) is 29.8 Å². The molecular weight excluding hydrogens is 291 g/mol. The minimum absolute atomic E-state index is 0.398. The number of aromatic nitrogens is 1. The van der Waals surface area contributed by atoms with Gasteiger partial charge in [0.2, 0.25) is 0 Å². The van der Waals surface area contributed by atoms with Gasteiger partial charge in [0, 0.05) is 23.7 Å². The second kappa shape index (κ2) is 6.49. The molecule has 0 bridgehead atoms. The van der Waals surface area contributed by atoms with Crippen LogP contribution in [-0.2, 0) is 11.3 Å². The van der Waals surface area contributed by atoms with Crippen LogP contribution in [0.5, 0.6) is 0 Å². The van der Waals surface area contributed by atoms with Gasteiger partial charge in [0.05, 0.1) is 17.7 Å². The van der Waals surface area contributed by atoms with Gasteiger partial charge in [0.15, 0.2) is 0 Å². The van der Waals surface area contributed by atoms with Crippen LogP contribution >= 0.6 is 11.3 Å². The number of nitrogens with zero attached hydrogens (tertiary/aromatic N) is 2. The fraction of sp³-hybridized carbons (Fsp3) is 0.200. The number of aliphatic carboxylic acids is 1. The number of anilines is 1. The Morgan fingerprint density at radius 1 is 1.48 bits per heavy atom. The van der Waals surface area contributed by atoms with E-state index in [9.17, 15) is 9.18 Å². The molecule has 0 aliphatic heterocycles. The Hall–Kier alpha value is -2.21. The summed E-state index contributed by atoms with van der Waals surface area (Å²) in [7, 11) is 1.86. The van der Waals surface area contributed by atoms with E-state index in [1.807, 2.05) is 18.9 Å². The summed E-state index contributed by atoms with van der Waals surface area (Å²) >= 11 is 1.56. The third-order valence-electron chi connectivity index (χ3n) is 2.99. The number of hydrogen-bond acceptors (Lipinski definition) is 4. The summed E-state index contributed by atoms with van der Waals surface area (Å²) in [6.45, 7) is 2.56. The molecule has 0 atom stereocenters. The van der Waals surface area contributed by atoms with Gasteiger partial charge in [-0.25, -0.2) is 14.2 Å². The summed E-state index contributed by atoms with van der Waals surface area (Å²) < 4.78 is 13.7. The highest BCUT2D eigenvalue weighted by molar-refractivity contribution is 7.09. The van der Waals surface area contributed by atoms with Crippen LogP contribution in [0.2, 0.25) is 0 Å². The van der Waals surface area contributed by atoms with Crippen LogP contribution < -0.4 is 4.90 Å². The third-order valence-corrected chi connectivity index (χ3v) is 3.91. The van der Waals surface area contributed by atoms with Crippen LogP contribution in [0.3, 0.4) is 0 Å². The van der Waals surface area contributed by atoms with Crippen molar-refractivity contribution in [2.24, 2.45) is 0 Å². The van der Waals surface area contributed by atoms with Crippen molar-refractivity contribution in [3.8, 4) is 0 Å². The lowest BCUT2D eigenvalue weighted by Gasteiger charge is -2.19. The van der Waals surface area contributed by atoms with E-state index >= 15 is 0 Å². The average molecular weight is 306 g/mol. The average Bonchev–Trinajstić information content (AvgIpc) is 2.81. The van der Waals surface area contributed by atoms with Crippen LogP contribution in [0.1, 0.15) is 16.1 Å². The Morgan fingerprint density at radius 3 is 2.86 bits per heavy atom. The maximum absolute atomic E-state index is 13.7. The van der Waals surface area contributed by atoms with Gasteiger partial charge in [-0.05, 0) is 36.8 Å². The Kier molecular flexibility index (Phi) is 4.70. The fourth-order valence-electron chi connectivity index (χ4n) is 1.87. The van der Waals surface area contributed by atoms with Crippen molar-refractivity contribution in [1.29, 1.82) is 0 Å². The van der Waals surface area contributed by atoms with Crippen molar-refractivity contribution in [1.82, 2.24) is 4.98 Å². The first-order valence-corrected chi connectivity index (χ1v) is 7.15. The molecule has 0 aliphatic carbocycles. The minimum atomic E-state index is -1.06. The topological polar surface area (TPSA) is 53.4 Å². The molecular formula is C15H15FN2O2S. The Morgan fingerprint density at radius 2 is 2.24 bits per heavy atom. The first kappa shape index (κ1) is 15.2. The molecule has 1 N–H and O–H groups in total. The lowest BCUT2D eigenvalue weighted by atomic mass is 10.1. The molecule has 0 radical (unpaired) electrons. The molecule has 2 aromatic rings. The number of halogens is 1. The molecule has 0 saturated heterocycles. The van der Waals surface area contributed by atoms with Crippen molar-refractivity contribution in [2.45, 2.75) is 13.5 Å². The number of thiazole rings is 1. The number of benzene rings is 1. The molecule has 0 saturated carbocycles. The van der Waals surface area contributed by atoms with Crippen molar-refractivity contribution >= 4 is 29.1 Å². The van der Waals surface area contributed by atoms with E-state index in [1.54, 1.807) is 22.9 Å². The summed E-state index contributed by atoms with van der Waals surface area (Å²) in [6, 6.07) is 4.47. The minimum Gasteiger partial charge on any atom is -0.478 e. The molecule has 0 spiro atoms. The Balaban J connectivity index is 2.22. The monoisotopic (exact) mass is 306 g/mol. The first-order valence-electron chi connectivity index (χ1n) is 6.27. The van der Waals surface area contributed by atoms with Crippen molar-refractivity contribution in [2.75, 3.05) is 11.9 Å². The standard InChI is InChI=1S/C15H15FN2O2S/c1-10-14(21-9-17-10)8-18(2)13-6-11(3-4-15(19)20)5-12(16)7-13/h3-7,9H,8H2,1-2H3,(H,19,20)/b4-3+.